The number of benzene rings is 2. The van der Waals surface area contributed by atoms with E-state index in [0.29, 0.717) is 0 Å². The van der Waals surface area contributed by atoms with Crippen LogP contribution in [0.2, 0.25) is 0 Å². The van der Waals surface area contributed by atoms with Crippen LogP contribution in [0, 0.1) is 0 Å². The minimum Gasteiger partial charge on any atom is -0.312 e. The van der Waals surface area contributed by atoms with Crippen LogP contribution in [0.4, 0.5) is 0 Å². The van der Waals surface area contributed by atoms with Crippen LogP contribution in [0.3, 0.4) is 0 Å². The monoisotopic (exact) mass is 382 g/mol. The maximum Gasteiger partial charge on any atom is 0.0705 e. The Hall–Kier alpha value is -2.98. The summed E-state index contributed by atoms with van der Waals surface area (Å²) in [5.41, 5.74) is 7.64. The van der Waals surface area contributed by atoms with Gasteiger partial charge >= 0.3 is 0 Å². The van der Waals surface area contributed by atoms with Crippen molar-refractivity contribution in [2.75, 3.05) is 6.54 Å². The summed E-state index contributed by atoms with van der Waals surface area (Å²) in [5.74, 6) is 0. The maximum atomic E-state index is 5.03. The van der Waals surface area contributed by atoms with Gasteiger partial charge in [-0.25, -0.2) is 0 Å². The molecule has 5 rings (SSSR count). The van der Waals surface area contributed by atoms with Crippen molar-refractivity contribution >= 4 is 10.9 Å². The number of hydrogen-bond donors (Lipinski definition) is 1. The highest BCUT2D eigenvalue weighted by molar-refractivity contribution is 5.78. The van der Waals surface area contributed by atoms with Gasteiger partial charge in [0.1, 0.15) is 0 Å². The fourth-order valence-corrected chi connectivity index (χ4v) is 4.25. The van der Waals surface area contributed by atoms with E-state index in [1.165, 1.54) is 27.9 Å². The summed E-state index contributed by atoms with van der Waals surface area (Å²) in [6.45, 7) is 2.91. The number of nitrogens with one attached hydrogen (secondary N) is 1. The highest BCUT2D eigenvalue weighted by Crippen LogP contribution is 2.21. The Bertz CT molecular complexity index is 1110. The summed E-state index contributed by atoms with van der Waals surface area (Å²) in [5, 5.41) is 9.75. The Morgan fingerprint density at radius 2 is 1.72 bits per heavy atom. The molecule has 0 saturated carbocycles. The number of para-hydroxylation sites is 1. The topological polar surface area (TPSA) is 42.7 Å². The largest absolute Gasteiger partial charge is 0.312 e. The second kappa shape index (κ2) is 8.18. The van der Waals surface area contributed by atoms with Crippen LogP contribution in [0.15, 0.2) is 66.7 Å². The van der Waals surface area contributed by atoms with Crippen LogP contribution in [-0.4, -0.2) is 21.3 Å². The van der Waals surface area contributed by atoms with Gasteiger partial charge in [0.05, 0.1) is 11.2 Å². The van der Waals surface area contributed by atoms with Gasteiger partial charge in [0.15, 0.2) is 0 Å². The SMILES string of the molecule is c1ccc(CCn2nc(CCc3ccc4ccccc4n3)c3c2CCNC3)cc1. The van der Waals surface area contributed by atoms with Crippen molar-refractivity contribution in [1.29, 1.82) is 0 Å². The lowest BCUT2D eigenvalue weighted by molar-refractivity contribution is 0.549. The highest BCUT2D eigenvalue weighted by atomic mass is 15.3. The summed E-state index contributed by atoms with van der Waals surface area (Å²) < 4.78 is 2.26. The summed E-state index contributed by atoms with van der Waals surface area (Å²) in [6.07, 6.45) is 3.94. The van der Waals surface area contributed by atoms with Gasteiger partial charge < -0.3 is 5.32 Å². The van der Waals surface area contributed by atoms with E-state index in [-0.39, 0.29) is 0 Å². The minimum atomic E-state index is 0.924. The van der Waals surface area contributed by atoms with Crippen molar-refractivity contribution in [3.63, 3.8) is 0 Å². The van der Waals surface area contributed by atoms with Crippen molar-refractivity contribution in [2.45, 2.75) is 38.8 Å². The predicted octanol–water partition coefficient (Wildman–Crippen LogP) is 4.10. The van der Waals surface area contributed by atoms with Gasteiger partial charge in [-0.3, -0.25) is 9.67 Å². The smallest absolute Gasteiger partial charge is 0.0705 e. The number of pyridine rings is 1. The molecule has 1 aliphatic rings. The number of hydrogen-bond acceptors (Lipinski definition) is 3. The molecule has 0 bridgehead atoms. The molecule has 1 aliphatic heterocycles. The zero-order valence-corrected chi connectivity index (χ0v) is 16.6. The first-order valence-corrected chi connectivity index (χ1v) is 10.5. The molecule has 0 fully saturated rings. The highest BCUT2D eigenvalue weighted by Gasteiger charge is 2.20. The average Bonchev–Trinajstić information content (AvgIpc) is 3.15. The fraction of sp³-hybridized carbons (Fsp3) is 0.280. The zero-order chi connectivity index (χ0) is 19.5. The van der Waals surface area contributed by atoms with E-state index >= 15 is 0 Å². The van der Waals surface area contributed by atoms with Gasteiger partial charge in [0.2, 0.25) is 0 Å². The number of fused-ring (bicyclic) bond motifs is 2. The molecule has 0 saturated heterocycles. The van der Waals surface area contributed by atoms with E-state index in [4.69, 9.17) is 10.1 Å². The van der Waals surface area contributed by atoms with E-state index < -0.39 is 0 Å². The molecule has 4 heteroatoms. The molecular formula is C25H26N4. The van der Waals surface area contributed by atoms with Gasteiger partial charge in [0, 0.05) is 48.4 Å². The van der Waals surface area contributed by atoms with Crippen molar-refractivity contribution in [2.24, 2.45) is 0 Å². The zero-order valence-electron chi connectivity index (χ0n) is 16.6. The average molecular weight is 383 g/mol. The quantitative estimate of drug-likeness (QED) is 0.546. The molecular weight excluding hydrogens is 356 g/mol. The fourth-order valence-electron chi connectivity index (χ4n) is 4.25. The normalized spacial score (nSPS) is 13.5. The van der Waals surface area contributed by atoms with Gasteiger partial charge in [-0.2, -0.15) is 5.10 Å². The van der Waals surface area contributed by atoms with E-state index in [2.05, 4.69) is 76.7 Å². The molecule has 2 aromatic heterocycles. The lowest BCUT2D eigenvalue weighted by Gasteiger charge is -2.15. The Kier molecular flexibility index (Phi) is 5.10. The molecule has 146 valence electrons. The van der Waals surface area contributed by atoms with Crippen LogP contribution >= 0.6 is 0 Å². The van der Waals surface area contributed by atoms with Crippen LogP contribution < -0.4 is 5.32 Å². The van der Waals surface area contributed by atoms with Crippen LogP contribution in [0.5, 0.6) is 0 Å². The maximum absolute atomic E-state index is 5.03. The molecule has 29 heavy (non-hydrogen) atoms. The van der Waals surface area contributed by atoms with Crippen LogP contribution in [0.25, 0.3) is 10.9 Å². The molecule has 0 atom stereocenters. The molecule has 0 amide bonds. The van der Waals surface area contributed by atoms with E-state index in [0.717, 1.165) is 56.5 Å². The Labute approximate surface area is 171 Å². The first-order valence-electron chi connectivity index (χ1n) is 10.5. The predicted molar refractivity (Wildman–Crippen MR) is 117 cm³/mol. The second-order valence-corrected chi connectivity index (χ2v) is 7.75. The summed E-state index contributed by atoms with van der Waals surface area (Å²) in [7, 11) is 0. The van der Waals surface area contributed by atoms with Gasteiger partial charge in [-0.15, -0.1) is 0 Å². The van der Waals surface area contributed by atoms with E-state index in [1.807, 2.05) is 0 Å². The number of rotatable bonds is 6. The van der Waals surface area contributed by atoms with Crippen molar-refractivity contribution < 1.29 is 0 Å². The minimum absolute atomic E-state index is 0.924. The lowest BCUT2D eigenvalue weighted by atomic mass is 10.0. The molecule has 0 aliphatic carbocycles. The lowest BCUT2D eigenvalue weighted by Crippen LogP contribution is -2.25. The van der Waals surface area contributed by atoms with Crippen molar-refractivity contribution in [3.8, 4) is 0 Å². The first kappa shape index (κ1) is 18.1. The van der Waals surface area contributed by atoms with E-state index in [1.54, 1.807) is 0 Å². The molecule has 3 heterocycles. The number of aromatic nitrogens is 3. The summed E-state index contributed by atoms with van der Waals surface area (Å²) >= 11 is 0. The molecule has 1 N–H and O–H groups in total. The Morgan fingerprint density at radius 3 is 2.66 bits per heavy atom. The standard InChI is InChI=1S/C25H26N4/c1-2-6-19(7-3-1)15-17-29-25-14-16-26-18-22(25)24(28-29)13-12-21-11-10-20-8-4-5-9-23(20)27-21/h1-11,26H,12-18H2. The van der Waals surface area contributed by atoms with Crippen LogP contribution in [-0.2, 0) is 38.8 Å². The van der Waals surface area contributed by atoms with Crippen molar-refractivity contribution in [1.82, 2.24) is 20.1 Å². The third-order valence-electron chi connectivity index (χ3n) is 5.82. The van der Waals surface area contributed by atoms with Gasteiger partial charge in [-0.1, -0.05) is 54.6 Å². The first-order chi connectivity index (χ1) is 14.4. The second-order valence-electron chi connectivity index (χ2n) is 7.75. The molecule has 4 aromatic rings. The van der Waals surface area contributed by atoms with Gasteiger partial charge in [0.25, 0.3) is 0 Å². The van der Waals surface area contributed by atoms with E-state index in [9.17, 15) is 0 Å². The number of nitrogens with zero attached hydrogens (tertiary/aromatic N) is 3. The Balaban J connectivity index is 1.34. The molecule has 2 aromatic carbocycles. The Morgan fingerprint density at radius 1 is 0.862 bits per heavy atom. The van der Waals surface area contributed by atoms with Crippen LogP contribution in [0.1, 0.15) is 28.2 Å². The third-order valence-corrected chi connectivity index (χ3v) is 5.82. The summed E-state index contributed by atoms with van der Waals surface area (Å²) in [4.78, 5) is 4.83. The molecule has 0 spiro atoms. The molecule has 4 nitrogen and oxygen atoms in total. The van der Waals surface area contributed by atoms with Gasteiger partial charge in [-0.05, 0) is 37.0 Å². The molecule has 0 unspecified atom stereocenters. The summed E-state index contributed by atoms with van der Waals surface area (Å²) in [6, 6.07) is 23.3. The third kappa shape index (κ3) is 3.94. The number of aryl methyl sites for hydroxylation is 4. The molecule has 0 radical (unpaired) electrons. The van der Waals surface area contributed by atoms with Crippen molar-refractivity contribution in [3.05, 3.63) is 94.9 Å².